The summed E-state index contributed by atoms with van der Waals surface area (Å²) in [6, 6.07) is 4.75. The second kappa shape index (κ2) is 6.13. The first-order valence-corrected chi connectivity index (χ1v) is 6.90. The minimum Gasteiger partial charge on any atom is -0.478 e. The van der Waals surface area contributed by atoms with E-state index >= 15 is 0 Å². The van der Waals surface area contributed by atoms with Crippen molar-refractivity contribution in [2.75, 3.05) is 31.1 Å². The molecular formula is C14H17ClN2O3. The Hall–Kier alpha value is -1.75. The van der Waals surface area contributed by atoms with Gasteiger partial charge in [-0.2, -0.15) is 0 Å². The summed E-state index contributed by atoms with van der Waals surface area (Å²) < 4.78 is 0. The van der Waals surface area contributed by atoms with Gasteiger partial charge in [0, 0.05) is 33.1 Å². The fourth-order valence-electron chi connectivity index (χ4n) is 2.37. The van der Waals surface area contributed by atoms with Crippen LogP contribution in [-0.2, 0) is 4.79 Å². The highest BCUT2D eigenvalue weighted by Crippen LogP contribution is 2.27. The molecule has 1 fully saturated rings. The zero-order valence-electron chi connectivity index (χ0n) is 11.3. The molecule has 1 aromatic rings. The van der Waals surface area contributed by atoms with Crippen molar-refractivity contribution in [3.8, 4) is 0 Å². The zero-order chi connectivity index (χ0) is 14.7. The highest BCUT2D eigenvalue weighted by Gasteiger charge is 2.19. The first kappa shape index (κ1) is 14.7. The Morgan fingerprint density at radius 3 is 2.55 bits per heavy atom. The number of benzene rings is 1. The van der Waals surface area contributed by atoms with E-state index in [1.807, 2.05) is 4.90 Å². The van der Waals surface area contributed by atoms with Gasteiger partial charge in [-0.25, -0.2) is 4.79 Å². The molecule has 1 aliphatic heterocycles. The molecular weight excluding hydrogens is 280 g/mol. The average Bonchev–Trinajstić information content (AvgIpc) is 2.64. The molecule has 0 saturated carbocycles. The number of carbonyl (C=O) groups excluding carboxylic acids is 1. The molecule has 20 heavy (non-hydrogen) atoms. The van der Waals surface area contributed by atoms with Crippen LogP contribution in [0.1, 0.15) is 23.7 Å². The van der Waals surface area contributed by atoms with Crippen LogP contribution in [0.2, 0.25) is 5.02 Å². The van der Waals surface area contributed by atoms with Gasteiger partial charge in [-0.1, -0.05) is 11.6 Å². The van der Waals surface area contributed by atoms with Crippen LogP contribution in [0.4, 0.5) is 5.69 Å². The molecule has 0 bridgehead atoms. The topological polar surface area (TPSA) is 60.9 Å². The number of halogens is 1. The largest absolute Gasteiger partial charge is 0.478 e. The van der Waals surface area contributed by atoms with Crippen molar-refractivity contribution in [1.29, 1.82) is 0 Å². The van der Waals surface area contributed by atoms with Crippen LogP contribution in [0.5, 0.6) is 0 Å². The third-order valence-corrected chi connectivity index (χ3v) is 3.78. The number of amides is 1. The summed E-state index contributed by atoms with van der Waals surface area (Å²) >= 11 is 6.17. The first-order valence-electron chi connectivity index (χ1n) is 6.52. The second-order valence-electron chi connectivity index (χ2n) is 4.82. The minimum absolute atomic E-state index is 0.0826. The summed E-state index contributed by atoms with van der Waals surface area (Å²) in [6.07, 6.45) is 0.872. The van der Waals surface area contributed by atoms with Crippen molar-refractivity contribution < 1.29 is 14.7 Å². The van der Waals surface area contributed by atoms with Crippen LogP contribution in [0.15, 0.2) is 18.2 Å². The number of aromatic carboxylic acids is 1. The third-order valence-electron chi connectivity index (χ3n) is 3.48. The number of carboxylic acids is 1. The van der Waals surface area contributed by atoms with Crippen LogP contribution < -0.4 is 4.90 Å². The smallest absolute Gasteiger partial charge is 0.335 e. The molecule has 0 radical (unpaired) electrons. The van der Waals surface area contributed by atoms with Gasteiger partial charge in [-0.05, 0) is 24.6 Å². The maximum Gasteiger partial charge on any atom is 0.335 e. The Balaban J connectivity index is 2.15. The molecule has 5 nitrogen and oxygen atoms in total. The molecule has 0 aromatic heterocycles. The molecule has 108 valence electrons. The van der Waals surface area contributed by atoms with E-state index in [2.05, 4.69) is 4.90 Å². The van der Waals surface area contributed by atoms with Gasteiger partial charge in [0.15, 0.2) is 0 Å². The van der Waals surface area contributed by atoms with Crippen LogP contribution in [-0.4, -0.2) is 48.1 Å². The molecule has 0 unspecified atom stereocenters. The Morgan fingerprint density at radius 1 is 1.20 bits per heavy atom. The summed E-state index contributed by atoms with van der Waals surface area (Å²) in [6.45, 7) is 4.48. The van der Waals surface area contributed by atoms with Gasteiger partial charge in [0.05, 0.1) is 16.3 Å². The van der Waals surface area contributed by atoms with Crippen molar-refractivity contribution >= 4 is 29.2 Å². The zero-order valence-corrected chi connectivity index (χ0v) is 12.1. The lowest BCUT2D eigenvalue weighted by atomic mass is 10.2. The van der Waals surface area contributed by atoms with Crippen molar-refractivity contribution in [3.05, 3.63) is 28.8 Å². The molecule has 2 rings (SSSR count). The quantitative estimate of drug-likeness (QED) is 0.908. The van der Waals surface area contributed by atoms with Crippen molar-refractivity contribution in [3.63, 3.8) is 0 Å². The van der Waals surface area contributed by atoms with E-state index in [-0.39, 0.29) is 11.5 Å². The maximum atomic E-state index is 11.4. The van der Waals surface area contributed by atoms with Gasteiger partial charge in [-0.3, -0.25) is 4.79 Å². The lowest BCUT2D eigenvalue weighted by Crippen LogP contribution is -2.33. The van der Waals surface area contributed by atoms with E-state index in [9.17, 15) is 9.59 Å². The predicted octanol–water partition coefficient (Wildman–Crippen LogP) is 2.10. The third kappa shape index (κ3) is 3.22. The lowest BCUT2D eigenvalue weighted by molar-refractivity contribution is -0.128. The van der Waals surface area contributed by atoms with Crippen molar-refractivity contribution in [2.24, 2.45) is 0 Å². The minimum atomic E-state index is -0.989. The Kier molecular flexibility index (Phi) is 4.49. The van der Waals surface area contributed by atoms with E-state index in [1.165, 1.54) is 6.07 Å². The number of anilines is 1. The second-order valence-corrected chi connectivity index (χ2v) is 5.23. The summed E-state index contributed by atoms with van der Waals surface area (Å²) in [5.74, 6) is -0.906. The Morgan fingerprint density at radius 2 is 1.95 bits per heavy atom. The SMILES string of the molecule is CC(=O)N1CCCN(c2ccc(C(=O)O)cc2Cl)CC1. The molecule has 1 saturated heterocycles. The number of hydrogen-bond donors (Lipinski definition) is 1. The van der Waals surface area contributed by atoms with Crippen molar-refractivity contribution in [2.45, 2.75) is 13.3 Å². The van der Waals surface area contributed by atoms with Gasteiger partial charge in [0.1, 0.15) is 0 Å². The number of hydrogen-bond acceptors (Lipinski definition) is 3. The highest BCUT2D eigenvalue weighted by atomic mass is 35.5. The van der Waals surface area contributed by atoms with Crippen LogP contribution in [0.25, 0.3) is 0 Å². The van der Waals surface area contributed by atoms with E-state index in [0.717, 1.165) is 25.2 Å². The molecule has 1 aromatic carbocycles. The van der Waals surface area contributed by atoms with E-state index in [1.54, 1.807) is 19.1 Å². The van der Waals surface area contributed by atoms with E-state index in [4.69, 9.17) is 16.7 Å². The Labute approximate surface area is 122 Å². The standard InChI is InChI=1S/C14H17ClN2O3/c1-10(18)16-5-2-6-17(8-7-16)13-4-3-11(14(19)20)9-12(13)15/h3-4,9H,2,5-8H2,1H3,(H,19,20). The molecule has 0 atom stereocenters. The summed E-state index contributed by atoms with van der Waals surface area (Å²) in [5.41, 5.74) is 1.00. The fraction of sp³-hybridized carbons (Fsp3) is 0.429. The maximum absolute atomic E-state index is 11.4. The molecule has 1 heterocycles. The van der Waals surface area contributed by atoms with Gasteiger partial charge in [-0.15, -0.1) is 0 Å². The van der Waals surface area contributed by atoms with E-state index in [0.29, 0.717) is 18.1 Å². The summed E-state index contributed by atoms with van der Waals surface area (Å²) in [7, 11) is 0. The number of nitrogens with zero attached hydrogens (tertiary/aromatic N) is 2. The van der Waals surface area contributed by atoms with Gasteiger partial charge < -0.3 is 14.9 Å². The monoisotopic (exact) mass is 296 g/mol. The number of carbonyl (C=O) groups is 2. The molecule has 0 aliphatic carbocycles. The number of rotatable bonds is 2. The van der Waals surface area contributed by atoms with Crippen molar-refractivity contribution in [1.82, 2.24) is 4.90 Å². The average molecular weight is 297 g/mol. The highest BCUT2D eigenvalue weighted by molar-refractivity contribution is 6.33. The summed E-state index contributed by atoms with van der Waals surface area (Å²) in [5, 5.41) is 9.37. The van der Waals surface area contributed by atoms with Crippen LogP contribution in [0, 0.1) is 0 Å². The Bertz CT molecular complexity index is 533. The normalized spacial score (nSPS) is 15.9. The van der Waals surface area contributed by atoms with Gasteiger partial charge in [0.2, 0.25) is 5.91 Å². The van der Waals surface area contributed by atoms with Gasteiger partial charge in [0.25, 0.3) is 0 Å². The molecule has 0 spiro atoms. The molecule has 6 heteroatoms. The summed E-state index contributed by atoms with van der Waals surface area (Å²) in [4.78, 5) is 26.2. The van der Waals surface area contributed by atoms with Crippen LogP contribution in [0.3, 0.4) is 0 Å². The van der Waals surface area contributed by atoms with Crippen LogP contribution >= 0.6 is 11.6 Å². The lowest BCUT2D eigenvalue weighted by Gasteiger charge is -2.24. The molecule has 1 amide bonds. The predicted molar refractivity (Wildman–Crippen MR) is 77.5 cm³/mol. The fourth-order valence-corrected chi connectivity index (χ4v) is 2.67. The molecule has 1 aliphatic rings. The van der Waals surface area contributed by atoms with Gasteiger partial charge >= 0.3 is 5.97 Å². The van der Waals surface area contributed by atoms with E-state index < -0.39 is 5.97 Å². The molecule has 1 N–H and O–H groups in total. The first-order chi connectivity index (χ1) is 9.49. The number of carboxylic acid groups (broad SMARTS) is 1.